The van der Waals surface area contributed by atoms with Gasteiger partial charge in [0.1, 0.15) is 0 Å². The van der Waals surface area contributed by atoms with Crippen LogP contribution in [0.2, 0.25) is 0 Å². The Morgan fingerprint density at radius 3 is 2.92 bits per heavy atom. The third-order valence-electron chi connectivity index (χ3n) is 2.52. The number of rotatable bonds is 2. The van der Waals surface area contributed by atoms with Crippen molar-refractivity contribution in [3.8, 4) is 0 Å². The van der Waals surface area contributed by atoms with Crippen molar-refractivity contribution >= 4 is 0 Å². The molecule has 0 radical (unpaired) electrons. The van der Waals surface area contributed by atoms with Crippen LogP contribution < -0.4 is 5.43 Å². The first-order valence-corrected chi connectivity index (χ1v) is 4.69. The van der Waals surface area contributed by atoms with Crippen molar-refractivity contribution < 1.29 is 4.74 Å². The van der Waals surface area contributed by atoms with Gasteiger partial charge in [-0.05, 0) is 18.8 Å². The minimum Gasteiger partial charge on any atom is -0.381 e. The molecule has 0 saturated carbocycles. The van der Waals surface area contributed by atoms with Gasteiger partial charge < -0.3 is 10.2 Å². The molecule has 0 spiro atoms. The number of nitrogens with one attached hydrogen (secondary N) is 1. The molecule has 12 heavy (non-hydrogen) atoms. The molecule has 1 N–H and O–H groups in total. The van der Waals surface area contributed by atoms with E-state index >= 15 is 0 Å². The van der Waals surface area contributed by atoms with E-state index in [0.717, 1.165) is 32.2 Å². The predicted octanol–water partition coefficient (Wildman–Crippen LogP) is 0.747. The van der Waals surface area contributed by atoms with Gasteiger partial charge in [0.2, 0.25) is 0 Å². The van der Waals surface area contributed by atoms with E-state index in [2.05, 4.69) is 16.5 Å². The molecule has 2 aliphatic rings. The summed E-state index contributed by atoms with van der Waals surface area (Å²) in [6.07, 6.45) is 6.61. The fourth-order valence-corrected chi connectivity index (χ4v) is 1.76. The summed E-state index contributed by atoms with van der Waals surface area (Å²) in [7, 11) is 0. The first kappa shape index (κ1) is 8.08. The van der Waals surface area contributed by atoms with Crippen LogP contribution in [0.5, 0.6) is 0 Å². The van der Waals surface area contributed by atoms with Crippen molar-refractivity contribution in [1.82, 2.24) is 10.4 Å². The molecule has 0 aromatic carbocycles. The van der Waals surface area contributed by atoms with Crippen LogP contribution in [0.15, 0.2) is 12.3 Å². The third-order valence-corrected chi connectivity index (χ3v) is 2.52. The minimum atomic E-state index is 0.825. The Kier molecular flexibility index (Phi) is 2.64. The molecule has 0 atom stereocenters. The lowest BCUT2D eigenvalue weighted by Crippen LogP contribution is -2.36. The highest BCUT2D eigenvalue weighted by Crippen LogP contribution is 2.15. The largest absolute Gasteiger partial charge is 0.381 e. The zero-order valence-corrected chi connectivity index (χ0v) is 7.33. The standard InChI is InChI=1S/C9H16N2O/c1-4-10-11(5-1)8-9-2-6-12-7-3-9/h1,4,9-10H,2-3,5-8H2. The third kappa shape index (κ3) is 1.99. The highest BCUT2D eigenvalue weighted by Gasteiger charge is 2.17. The maximum absolute atomic E-state index is 5.31. The summed E-state index contributed by atoms with van der Waals surface area (Å²) in [5.74, 6) is 0.825. The number of nitrogens with zero attached hydrogens (tertiary/aromatic N) is 1. The van der Waals surface area contributed by atoms with Crippen molar-refractivity contribution in [3.63, 3.8) is 0 Å². The van der Waals surface area contributed by atoms with E-state index < -0.39 is 0 Å². The van der Waals surface area contributed by atoms with Crippen LogP contribution in [0.1, 0.15) is 12.8 Å². The van der Waals surface area contributed by atoms with Crippen LogP contribution in [0.4, 0.5) is 0 Å². The van der Waals surface area contributed by atoms with E-state index in [4.69, 9.17) is 4.74 Å². The van der Waals surface area contributed by atoms with Crippen LogP contribution in [-0.4, -0.2) is 31.3 Å². The van der Waals surface area contributed by atoms with E-state index in [1.165, 1.54) is 12.8 Å². The van der Waals surface area contributed by atoms with Gasteiger partial charge in [-0.2, -0.15) is 0 Å². The highest BCUT2D eigenvalue weighted by atomic mass is 16.5. The molecule has 3 nitrogen and oxygen atoms in total. The second-order valence-electron chi connectivity index (χ2n) is 3.49. The topological polar surface area (TPSA) is 24.5 Å². The van der Waals surface area contributed by atoms with Gasteiger partial charge in [-0.3, -0.25) is 0 Å². The molecule has 0 bridgehead atoms. The average molecular weight is 168 g/mol. The van der Waals surface area contributed by atoms with Crippen molar-refractivity contribution in [2.24, 2.45) is 5.92 Å². The Morgan fingerprint density at radius 1 is 1.42 bits per heavy atom. The minimum absolute atomic E-state index is 0.825. The van der Waals surface area contributed by atoms with E-state index in [9.17, 15) is 0 Å². The molecule has 0 aliphatic carbocycles. The lowest BCUT2D eigenvalue weighted by Gasteiger charge is -2.26. The second kappa shape index (κ2) is 3.92. The first-order chi connectivity index (χ1) is 5.95. The maximum atomic E-state index is 5.31. The van der Waals surface area contributed by atoms with Crippen LogP contribution >= 0.6 is 0 Å². The maximum Gasteiger partial charge on any atom is 0.0469 e. The Balaban J connectivity index is 1.70. The molecule has 0 unspecified atom stereocenters. The predicted molar refractivity (Wildman–Crippen MR) is 47.4 cm³/mol. The average Bonchev–Trinajstić information content (AvgIpc) is 2.59. The summed E-state index contributed by atoms with van der Waals surface area (Å²) in [4.78, 5) is 0. The van der Waals surface area contributed by atoms with E-state index in [0.29, 0.717) is 0 Å². The molecule has 0 aromatic rings. The summed E-state index contributed by atoms with van der Waals surface area (Å²) in [5, 5.41) is 2.26. The van der Waals surface area contributed by atoms with Gasteiger partial charge in [0.15, 0.2) is 0 Å². The zero-order chi connectivity index (χ0) is 8.23. The molecule has 68 valence electrons. The lowest BCUT2D eigenvalue weighted by atomic mass is 10.0. The highest BCUT2D eigenvalue weighted by molar-refractivity contribution is 4.89. The van der Waals surface area contributed by atoms with Gasteiger partial charge in [-0.15, -0.1) is 0 Å². The van der Waals surface area contributed by atoms with Crippen LogP contribution in [-0.2, 0) is 4.74 Å². The SMILES string of the molecule is C1=CNN(CC2CCOCC2)C1. The molecular formula is C9H16N2O. The molecule has 1 saturated heterocycles. The van der Waals surface area contributed by atoms with Gasteiger partial charge in [0, 0.05) is 32.5 Å². The van der Waals surface area contributed by atoms with E-state index in [1.807, 2.05) is 6.20 Å². The van der Waals surface area contributed by atoms with Crippen molar-refractivity contribution in [3.05, 3.63) is 12.3 Å². The second-order valence-corrected chi connectivity index (χ2v) is 3.49. The van der Waals surface area contributed by atoms with Gasteiger partial charge in [-0.25, -0.2) is 5.01 Å². The molecule has 2 rings (SSSR count). The summed E-state index contributed by atoms with van der Waals surface area (Å²) < 4.78 is 5.31. The Bertz CT molecular complexity index is 156. The number of hydrogen-bond acceptors (Lipinski definition) is 3. The molecule has 3 heteroatoms. The quantitative estimate of drug-likeness (QED) is 0.658. The lowest BCUT2D eigenvalue weighted by molar-refractivity contribution is 0.0507. The normalized spacial score (nSPS) is 26.0. The molecule has 0 aromatic heterocycles. The summed E-state index contributed by atoms with van der Waals surface area (Å²) in [6.45, 7) is 4.12. The fraction of sp³-hybridized carbons (Fsp3) is 0.778. The van der Waals surface area contributed by atoms with Crippen LogP contribution in [0.3, 0.4) is 0 Å². The molecule has 1 fully saturated rings. The molecule has 2 heterocycles. The summed E-state index contributed by atoms with van der Waals surface area (Å²) in [6, 6.07) is 0. The molecular weight excluding hydrogens is 152 g/mol. The van der Waals surface area contributed by atoms with E-state index in [-0.39, 0.29) is 0 Å². The molecule has 0 amide bonds. The zero-order valence-electron chi connectivity index (χ0n) is 7.33. The number of hydrazine groups is 1. The van der Waals surface area contributed by atoms with Crippen LogP contribution in [0.25, 0.3) is 0 Å². The van der Waals surface area contributed by atoms with E-state index in [1.54, 1.807) is 0 Å². The van der Waals surface area contributed by atoms with Gasteiger partial charge in [-0.1, -0.05) is 6.08 Å². The van der Waals surface area contributed by atoms with Gasteiger partial charge in [0.05, 0.1) is 0 Å². The summed E-state index contributed by atoms with van der Waals surface area (Å²) >= 11 is 0. The van der Waals surface area contributed by atoms with Crippen molar-refractivity contribution in [1.29, 1.82) is 0 Å². The number of hydrogen-bond donors (Lipinski definition) is 1. The Hall–Kier alpha value is -0.540. The monoisotopic (exact) mass is 168 g/mol. The Labute approximate surface area is 73.4 Å². The van der Waals surface area contributed by atoms with Gasteiger partial charge >= 0.3 is 0 Å². The Morgan fingerprint density at radius 2 is 2.25 bits per heavy atom. The first-order valence-electron chi connectivity index (χ1n) is 4.69. The van der Waals surface area contributed by atoms with Crippen molar-refractivity contribution in [2.75, 3.05) is 26.3 Å². The summed E-state index contributed by atoms with van der Waals surface area (Å²) in [5.41, 5.74) is 3.22. The number of ether oxygens (including phenoxy) is 1. The van der Waals surface area contributed by atoms with Gasteiger partial charge in [0.25, 0.3) is 0 Å². The fourth-order valence-electron chi connectivity index (χ4n) is 1.76. The smallest absolute Gasteiger partial charge is 0.0469 e. The molecule has 2 aliphatic heterocycles. The van der Waals surface area contributed by atoms with Crippen LogP contribution in [0, 0.1) is 5.92 Å². The van der Waals surface area contributed by atoms with Crippen molar-refractivity contribution in [2.45, 2.75) is 12.8 Å².